The van der Waals surface area contributed by atoms with Gasteiger partial charge in [-0.1, -0.05) is 6.42 Å². The van der Waals surface area contributed by atoms with Crippen LogP contribution in [0.1, 0.15) is 36.0 Å². The summed E-state index contributed by atoms with van der Waals surface area (Å²) in [6.07, 6.45) is 4.09. The minimum atomic E-state index is -0.500. The zero-order valence-electron chi connectivity index (χ0n) is 11.0. The first-order valence-electron chi connectivity index (χ1n) is 6.51. The maximum absolute atomic E-state index is 11.9. The number of benzene rings is 1. The van der Waals surface area contributed by atoms with E-state index in [1.165, 1.54) is 24.3 Å². The van der Waals surface area contributed by atoms with Gasteiger partial charge in [0, 0.05) is 30.7 Å². The van der Waals surface area contributed by atoms with E-state index in [4.69, 9.17) is 0 Å². The maximum atomic E-state index is 11.9. The Morgan fingerprint density at radius 1 is 1.20 bits per heavy atom. The number of nitro benzene ring substituents is 1. The average molecular weight is 276 g/mol. The highest BCUT2D eigenvalue weighted by molar-refractivity contribution is 5.96. The molecule has 0 bridgehead atoms. The van der Waals surface area contributed by atoms with Gasteiger partial charge in [-0.05, 0) is 25.0 Å². The highest BCUT2D eigenvalue weighted by atomic mass is 16.6. The third kappa shape index (κ3) is 3.78. The van der Waals surface area contributed by atoms with Crippen molar-refractivity contribution < 1.29 is 9.72 Å². The van der Waals surface area contributed by atoms with Gasteiger partial charge in [0.15, 0.2) is 0 Å². The summed E-state index contributed by atoms with van der Waals surface area (Å²) in [5, 5.41) is 10.5. The Balaban J connectivity index is 1.91. The lowest BCUT2D eigenvalue weighted by atomic mass is 10.2. The molecule has 0 saturated heterocycles. The fraction of sp³-hybridized carbons (Fsp3) is 0.385. The van der Waals surface area contributed by atoms with Gasteiger partial charge in [-0.15, -0.1) is 0 Å². The standard InChI is InChI=1S/C13H16N4O3/c18-13(10-5-7-11(8-6-10)17(19)20)16-15-12-4-2-1-3-9-14-12/h5-8H,1-4,9H2,(H,14,15)(H,16,18). The lowest BCUT2D eigenvalue weighted by Crippen LogP contribution is -2.41. The second kappa shape index (κ2) is 6.65. The number of non-ortho nitro benzene ring substituents is 1. The van der Waals surface area contributed by atoms with E-state index in [2.05, 4.69) is 15.8 Å². The molecule has 0 fully saturated rings. The number of rotatable bonds is 2. The number of nitro groups is 1. The van der Waals surface area contributed by atoms with Crippen molar-refractivity contribution in [2.45, 2.75) is 25.7 Å². The molecule has 0 saturated carbocycles. The Labute approximate surface area is 116 Å². The molecule has 1 aliphatic heterocycles. The van der Waals surface area contributed by atoms with Gasteiger partial charge in [0.1, 0.15) is 5.84 Å². The number of hydrazine groups is 1. The molecule has 0 atom stereocenters. The first kappa shape index (κ1) is 14.0. The number of amides is 1. The molecule has 0 unspecified atom stereocenters. The molecule has 2 N–H and O–H groups in total. The molecule has 0 aliphatic carbocycles. The van der Waals surface area contributed by atoms with Crippen LogP contribution in [-0.4, -0.2) is 23.2 Å². The maximum Gasteiger partial charge on any atom is 0.269 e. The van der Waals surface area contributed by atoms with Crippen molar-refractivity contribution in [1.82, 2.24) is 10.9 Å². The van der Waals surface area contributed by atoms with Gasteiger partial charge in [-0.2, -0.15) is 0 Å². The molecule has 0 aromatic heterocycles. The summed E-state index contributed by atoms with van der Waals surface area (Å²) in [4.78, 5) is 26.2. The van der Waals surface area contributed by atoms with E-state index in [1.807, 2.05) is 0 Å². The molecular weight excluding hydrogens is 260 g/mol. The smallest absolute Gasteiger partial charge is 0.269 e. The molecule has 1 aromatic rings. The minimum Gasteiger partial charge on any atom is -0.285 e. The molecule has 1 aliphatic rings. The monoisotopic (exact) mass is 276 g/mol. The summed E-state index contributed by atoms with van der Waals surface area (Å²) in [6.45, 7) is 0.774. The van der Waals surface area contributed by atoms with E-state index in [-0.39, 0.29) is 11.6 Å². The third-order valence-electron chi connectivity index (χ3n) is 3.03. The zero-order valence-corrected chi connectivity index (χ0v) is 11.0. The summed E-state index contributed by atoms with van der Waals surface area (Å²) in [5.41, 5.74) is 5.69. The van der Waals surface area contributed by atoms with E-state index >= 15 is 0 Å². The number of hydrogen-bond donors (Lipinski definition) is 2. The van der Waals surface area contributed by atoms with Crippen molar-refractivity contribution in [3.05, 3.63) is 39.9 Å². The quantitative estimate of drug-likeness (QED) is 0.635. The lowest BCUT2D eigenvalue weighted by Gasteiger charge is -2.09. The molecule has 0 radical (unpaired) electrons. The predicted molar refractivity (Wildman–Crippen MR) is 74.5 cm³/mol. The van der Waals surface area contributed by atoms with Crippen LogP contribution < -0.4 is 10.9 Å². The largest absolute Gasteiger partial charge is 0.285 e. The van der Waals surface area contributed by atoms with E-state index in [0.29, 0.717) is 5.56 Å². The topological polar surface area (TPSA) is 96.6 Å². The molecule has 7 nitrogen and oxygen atoms in total. The summed E-state index contributed by atoms with van der Waals surface area (Å²) in [6, 6.07) is 5.45. The van der Waals surface area contributed by atoms with E-state index in [1.54, 1.807) is 0 Å². The Kier molecular flexibility index (Phi) is 4.65. The minimum absolute atomic E-state index is 0.0392. The Bertz CT molecular complexity index is 525. The zero-order chi connectivity index (χ0) is 14.4. The van der Waals surface area contributed by atoms with Gasteiger partial charge in [0.05, 0.1) is 4.92 Å². The fourth-order valence-electron chi connectivity index (χ4n) is 1.91. The Hall–Kier alpha value is -2.44. The van der Waals surface area contributed by atoms with Gasteiger partial charge in [-0.25, -0.2) is 0 Å². The SMILES string of the molecule is O=C(NNC1=NCCCCC1)c1ccc([N+](=O)[O-])cc1. The van der Waals surface area contributed by atoms with Crippen LogP contribution in [0.2, 0.25) is 0 Å². The lowest BCUT2D eigenvalue weighted by molar-refractivity contribution is -0.384. The number of nitrogens with one attached hydrogen (secondary N) is 2. The van der Waals surface area contributed by atoms with Crippen LogP contribution in [0.4, 0.5) is 5.69 Å². The van der Waals surface area contributed by atoms with Gasteiger partial charge >= 0.3 is 0 Å². The van der Waals surface area contributed by atoms with E-state index < -0.39 is 4.92 Å². The van der Waals surface area contributed by atoms with Gasteiger partial charge < -0.3 is 0 Å². The molecule has 1 heterocycles. The fourth-order valence-corrected chi connectivity index (χ4v) is 1.91. The molecule has 0 spiro atoms. The van der Waals surface area contributed by atoms with E-state index in [0.717, 1.165) is 38.1 Å². The second-order valence-corrected chi connectivity index (χ2v) is 4.52. The summed E-state index contributed by atoms with van der Waals surface area (Å²) in [5.74, 6) is 0.435. The first-order valence-corrected chi connectivity index (χ1v) is 6.51. The van der Waals surface area contributed by atoms with Crippen molar-refractivity contribution in [2.75, 3.05) is 6.54 Å². The highest BCUT2D eigenvalue weighted by Crippen LogP contribution is 2.11. The number of carbonyl (C=O) groups excluding carboxylic acids is 1. The average Bonchev–Trinajstić information content (AvgIpc) is 2.73. The Morgan fingerprint density at radius 3 is 2.65 bits per heavy atom. The van der Waals surface area contributed by atoms with Crippen LogP contribution in [-0.2, 0) is 0 Å². The number of carbonyl (C=O) groups is 1. The molecule has 2 rings (SSSR count). The summed E-state index contributed by atoms with van der Waals surface area (Å²) >= 11 is 0. The third-order valence-corrected chi connectivity index (χ3v) is 3.03. The van der Waals surface area contributed by atoms with Crippen LogP contribution in [0.15, 0.2) is 29.3 Å². The van der Waals surface area contributed by atoms with Crippen molar-refractivity contribution in [3.63, 3.8) is 0 Å². The van der Waals surface area contributed by atoms with Crippen LogP contribution in [0.3, 0.4) is 0 Å². The highest BCUT2D eigenvalue weighted by Gasteiger charge is 2.10. The van der Waals surface area contributed by atoms with Gasteiger partial charge in [0.2, 0.25) is 0 Å². The normalized spacial score (nSPS) is 14.9. The van der Waals surface area contributed by atoms with Crippen molar-refractivity contribution in [3.8, 4) is 0 Å². The number of hydrogen-bond acceptors (Lipinski definition) is 5. The molecule has 106 valence electrons. The number of aliphatic imine (C=N–C) groups is 1. The number of nitrogens with zero attached hydrogens (tertiary/aromatic N) is 2. The van der Waals surface area contributed by atoms with E-state index in [9.17, 15) is 14.9 Å². The molecule has 1 aromatic carbocycles. The predicted octanol–water partition coefficient (Wildman–Crippen LogP) is 1.80. The summed E-state index contributed by atoms with van der Waals surface area (Å²) in [7, 11) is 0. The van der Waals surface area contributed by atoms with Crippen LogP contribution in [0.5, 0.6) is 0 Å². The van der Waals surface area contributed by atoms with Crippen molar-refractivity contribution in [2.24, 2.45) is 4.99 Å². The number of amidine groups is 1. The first-order chi connectivity index (χ1) is 9.66. The molecular formula is C13H16N4O3. The summed E-state index contributed by atoms with van der Waals surface area (Å²) < 4.78 is 0. The van der Waals surface area contributed by atoms with Crippen LogP contribution >= 0.6 is 0 Å². The van der Waals surface area contributed by atoms with Crippen LogP contribution in [0, 0.1) is 10.1 Å². The molecule has 7 heteroatoms. The van der Waals surface area contributed by atoms with Gasteiger partial charge in [0.25, 0.3) is 11.6 Å². The molecule has 20 heavy (non-hydrogen) atoms. The van der Waals surface area contributed by atoms with Crippen molar-refractivity contribution in [1.29, 1.82) is 0 Å². The Morgan fingerprint density at radius 2 is 1.95 bits per heavy atom. The second-order valence-electron chi connectivity index (χ2n) is 4.52. The van der Waals surface area contributed by atoms with Crippen molar-refractivity contribution >= 4 is 17.4 Å². The molecule has 1 amide bonds. The van der Waals surface area contributed by atoms with Gasteiger partial charge in [-0.3, -0.25) is 30.8 Å². The van der Waals surface area contributed by atoms with Crippen LogP contribution in [0.25, 0.3) is 0 Å².